The van der Waals surface area contributed by atoms with Crippen LogP contribution >= 0.6 is 11.6 Å². The summed E-state index contributed by atoms with van der Waals surface area (Å²) >= 11 is 6.46. The van der Waals surface area contributed by atoms with Crippen LogP contribution in [0.25, 0.3) is 22.0 Å². The van der Waals surface area contributed by atoms with E-state index in [2.05, 4.69) is 15.3 Å². The van der Waals surface area contributed by atoms with Crippen molar-refractivity contribution in [2.45, 2.75) is 60.8 Å². The number of benzene rings is 3. The van der Waals surface area contributed by atoms with E-state index in [1.807, 2.05) is 81.9 Å². The molecule has 0 saturated carbocycles. The van der Waals surface area contributed by atoms with Gasteiger partial charge in [-0.1, -0.05) is 63.6 Å². The van der Waals surface area contributed by atoms with Crippen LogP contribution in [0.1, 0.15) is 47.1 Å². The summed E-state index contributed by atoms with van der Waals surface area (Å²) in [6.45, 7) is 12.4. The lowest BCUT2D eigenvalue weighted by Gasteiger charge is -2.12. The normalized spacial score (nSPS) is 10.9. The second-order valence-electron chi connectivity index (χ2n) is 9.11. The van der Waals surface area contributed by atoms with Gasteiger partial charge in [-0.3, -0.25) is 0 Å². The smallest absolute Gasteiger partial charge is 0.141 e. The zero-order chi connectivity index (χ0) is 32.5. The molecule has 5 aromatic rings. The zero-order valence-corrected chi connectivity index (χ0v) is 27.0. The van der Waals surface area contributed by atoms with Crippen LogP contribution in [0.4, 0.5) is 15.9 Å². The molecule has 1 atom stereocenters. The Hall–Kier alpha value is -4.40. The van der Waals surface area contributed by atoms with E-state index >= 15 is 0 Å². The number of anilines is 2. The minimum absolute atomic E-state index is 0.211. The minimum Gasteiger partial charge on any atom is -0.487 e. The van der Waals surface area contributed by atoms with E-state index in [0.29, 0.717) is 23.1 Å². The fourth-order valence-electron chi connectivity index (χ4n) is 3.99. The molecule has 1 unspecified atom stereocenters. The van der Waals surface area contributed by atoms with Crippen molar-refractivity contribution < 1.29 is 14.2 Å². The van der Waals surface area contributed by atoms with Crippen LogP contribution in [0.15, 0.2) is 97.7 Å². The van der Waals surface area contributed by atoms with Gasteiger partial charge in [0.15, 0.2) is 0 Å². The van der Waals surface area contributed by atoms with E-state index in [9.17, 15) is 9.50 Å². The molecule has 0 aliphatic heterocycles. The molecular weight excluding hydrogens is 577 g/mol. The van der Waals surface area contributed by atoms with Crippen LogP contribution in [0.5, 0.6) is 5.75 Å². The van der Waals surface area contributed by atoms with Crippen molar-refractivity contribution in [3.8, 4) is 16.9 Å². The molecule has 2 aromatic heterocycles. The molecule has 5 rings (SSSR count). The summed E-state index contributed by atoms with van der Waals surface area (Å²) in [7, 11) is 0. The molecule has 0 aliphatic rings. The lowest BCUT2D eigenvalue weighted by Crippen LogP contribution is -2.09. The van der Waals surface area contributed by atoms with Crippen molar-refractivity contribution in [3.63, 3.8) is 0 Å². The first kappa shape index (κ1) is 35.8. The third kappa shape index (κ3) is 10.7. The van der Waals surface area contributed by atoms with Crippen LogP contribution in [-0.4, -0.2) is 25.7 Å². The van der Waals surface area contributed by atoms with Gasteiger partial charge in [-0.05, 0) is 85.3 Å². The Morgan fingerprint density at radius 1 is 1.02 bits per heavy atom. The first-order valence-electron chi connectivity index (χ1n) is 14.7. The Morgan fingerprint density at radius 2 is 1.77 bits per heavy atom. The fourth-order valence-corrected chi connectivity index (χ4v) is 4.22. The van der Waals surface area contributed by atoms with E-state index in [-0.39, 0.29) is 12.4 Å². The van der Waals surface area contributed by atoms with E-state index in [1.54, 1.807) is 37.3 Å². The molecule has 9 heteroatoms. The van der Waals surface area contributed by atoms with Crippen molar-refractivity contribution in [2.75, 3.05) is 5.32 Å². The van der Waals surface area contributed by atoms with Crippen LogP contribution < -0.4 is 15.8 Å². The van der Waals surface area contributed by atoms with Gasteiger partial charge in [0.2, 0.25) is 0 Å². The van der Waals surface area contributed by atoms with Gasteiger partial charge in [-0.2, -0.15) is 0 Å². The lowest BCUT2D eigenvalue weighted by atomic mass is 10.1. The monoisotopic (exact) mass is 619 g/mol. The Balaban J connectivity index is 0.000000768. The second-order valence-corrected chi connectivity index (χ2v) is 9.52. The van der Waals surface area contributed by atoms with Gasteiger partial charge in [-0.25, -0.2) is 14.4 Å². The number of hydrogen-bond acceptors (Lipinski definition) is 6. The molecule has 0 bridgehead atoms. The molecule has 0 amide bonds. The van der Waals surface area contributed by atoms with Crippen molar-refractivity contribution >= 4 is 34.0 Å². The highest BCUT2D eigenvalue weighted by molar-refractivity contribution is 6.32. The number of hydrogen-bond donors (Lipinski definition) is 3. The maximum atomic E-state index is 13.4. The number of rotatable bonds is 8. The van der Waals surface area contributed by atoms with Crippen LogP contribution in [0, 0.1) is 5.82 Å². The van der Waals surface area contributed by atoms with Gasteiger partial charge >= 0.3 is 0 Å². The third-order valence-corrected chi connectivity index (χ3v) is 6.16. The molecule has 0 aliphatic carbocycles. The highest BCUT2D eigenvalue weighted by atomic mass is 35.5. The predicted molar refractivity (Wildman–Crippen MR) is 182 cm³/mol. The molecule has 0 saturated heterocycles. The Kier molecular flexibility index (Phi) is 15.5. The van der Waals surface area contributed by atoms with Crippen LogP contribution in [0.2, 0.25) is 5.02 Å². The SMILES string of the molecule is CC.CC.CC(O)Cn1ccc(-c2ccc3ncnc(Nc4ccc(OCc5cccc(F)c5)c(Cl)c4)c3c2)c1.CC=CN. The highest BCUT2D eigenvalue weighted by Gasteiger charge is 2.10. The number of ether oxygens (including phenoxy) is 1. The minimum atomic E-state index is -0.420. The number of halogens is 2. The fraction of sp³-hybridized carbons (Fsp3) is 0.257. The Labute approximate surface area is 265 Å². The van der Waals surface area contributed by atoms with Gasteiger partial charge in [0.25, 0.3) is 0 Å². The lowest BCUT2D eigenvalue weighted by molar-refractivity contribution is 0.174. The van der Waals surface area contributed by atoms with E-state index in [0.717, 1.165) is 33.3 Å². The molecule has 3 aromatic carbocycles. The van der Waals surface area contributed by atoms with Gasteiger partial charge in [0.1, 0.15) is 30.3 Å². The molecule has 44 heavy (non-hydrogen) atoms. The van der Waals surface area contributed by atoms with E-state index < -0.39 is 6.10 Å². The Morgan fingerprint density at radius 3 is 2.43 bits per heavy atom. The summed E-state index contributed by atoms with van der Waals surface area (Å²) in [5.74, 6) is 0.845. The first-order valence-corrected chi connectivity index (χ1v) is 15.1. The molecular formula is C35H43ClFN5O2. The maximum Gasteiger partial charge on any atom is 0.141 e. The van der Waals surface area contributed by atoms with Crippen LogP contribution in [-0.2, 0) is 13.2 Å². The van der Waals surface area contributed by atoms with E-state index in [1.165, 1.54) is 24.7 Å². The zero-order valence-electron chi connectivity index (χ0n) is 26.3. The van der Waals surface area contributed by atoms with Crippen LogP contribution in [0.3, 0.4) is 0 Å². The standard InChI is InChI=1S/C28H24ClFN4O2.C3H7N.2C2H6/c1-18(35)14-34-10-9-21(15-34)20-5-7-26-24(12-20)28(32-17-31-26)33-23-6-8-27(25(29)13-23)36-16-19-3-2-4-22(30)11-19;1-2-3-4;2*1-2/h2-13,15,17-18,35H,14,16H2,1H3,(H,31,32,33);2-3H,4H2,1H3;2*1-2H3. The number of nitrogens with two attached hydrogens (primary N) is 1. The number of nitrogens with one attached hydrogen (secondary N) is 1. The number of aliphatic hydroxyl groups excluding tert-OH is 1. The summed E-state index contributed by atoms with van der Waals surface area (Å²) in [5, 5.41) is 14.3. The molecule has 0 spiro atoms. The first-order chi connectivity index (χ1) is 21.4. The summed E-state index contributed by atoms with van der Waals surface area (Å²) < 4.78 is 21.1. The summed E-state index contributed by atoms with van der Waals surface area (Å²) in [5.41, 5.74) is 9.17. The molecule has 2 heterocycles. The molecule has 234 valence electrons. The van der Waals surface area contributed by atoms with Crippen molar-refractivity contribution in [1.29, 1.82) is 0 Å². The highest BCUT2D eigenvalue weighted by Crippen LogP contribution is 2.32. The summed E-state index contributed by atoms with van der Waals surface area (Å²) in [6, 6.07) is 19.7. The van der Waals surface area contributed by atoms with Crippen molar-refractivity contribution in [1.82, 2.24) is 14.5 Å². The topological polar surface area (TPSA) is 98.2 Å². The van der Waals surface area contributed by atoms with Crippen molar-refractivity contribution in [3.05, 3.63) is 114 Å². The average molecular weight is 620 g/mol. The quantitative estimate of drug-likeness (QED) is 0.160. The predicted octanol–water partition coefficient (Wildman–Crippen LogP) is 9.13. The second kappa shape index (κ2) is 19.0. The summed E-state index contributed by atoms with van der Waals surface area (Å²) in [4.78, 5) is 8.84. The molecule has 7 nitrogen and oxygen atoms in total. The van der Waals surface area contributed by atoms with Crippen molar-refractivity contribution in [2.24, 2.45) is 5.73 Å². The number of nitrogens with zero attached hydrogens (tertiary/aromatic N) is 3. The largest absolute Gasteiger partial charge is 0.487 e. The number of fused-ring (bicyclic) bond motifs is 1. The van der Waals surface area contributed by atoms with E-state index in [4.69, 9.17) is 22.1 Å². The molecule has 0 radical (unpaired) electrons. The van der Waals surface area contributed by atoms with Gasteiger partial charge < -0.3 is 25.5 Å². The third-order valence-electron chi connectivity index (χ3n) is 5.86. The maximum absolute atomic E-state index is 13.4. The average Bonchev–Trinajstić information content (AvgIpc) is 3.50. The Bertz CT molecular complexity index is 1600. The molecule has 4 N–H and O–H groups in total. The number of aliphatic hydroxyl groups is 1. The molecule has 0 fully saturated rings. The van der Waals surface area contributed by atoms with Gasteiger partial charge in [0, 0.05) is 30.0 Å². The van der Waals surface area contributed by atoms with Gasteiger partial charge in [0.05, 0.1) is 16.6 Å². The number of allylic oxidation sites excluding steroid dienone is 1. The summed E-state index contributed by atoms with van der Waals surface area (Å²) in [6.07, 6.45) is 8.33. The number of aromatic nitrogens is 3. The van der Waals surface area contributed by atoms with Gasteiger partial charge in [-0.15, -0.1) is 0 Å².